The van der Waals surface area contributed by atoms with Gasteiger partial charge in [-0.15, -0.1) is 0 Å². The third-order valence-corrected chi connectivity index (χ3v) is 4.84. The number of amides is 2. The Hall–Kier alpha value is -2.91. The number of nitrogens with two attached hydrogens (primary N) is 1. The number of aromatic nitrogens is 3. The zero-order chi connectivity index (χ0) is 20.1. The van der Waals surface area contributed by atoms with Gasteiger partial charge in [-0.05, 0) is 43.7 Å². The van der Waals surface area contributed by atoms with Crippen molar-refractivity contribution in [1.29, 1.82) is 0 Å². The van der Waals surface area contributed by atoms with Gasteiger partial charge in [0.25, 0.3) is 11.8 Å². The van der Waals surface area contributed by atoms with Crippen molar-refractivity contribution in [3.8, 4) is 0 Å². The van der Waals surface area contributed by atoms with E-state index in [4.69, 9.17) is 5.73 Å². The first-order valence-electron chi connectivity index (χ1n) is 8.99. The summed E-state index contributed by atoms with van der Waals surface area (Å²) in [6, 6.07) is 2.60. The van der Waals surface area contributed by atoms with Crippen molar-refractivity contribution in [2.45, 2.75) is 44.3 Å². The van der Waals surface area contributed by atoms with E-state index in [0.29, 0.717) is 12.8 Å². The number of carbonyl (C=O) groups is 2. The molecular formula is C18H18F3N5O2. The van der Waals surface area contributed by atoms with Gasteiger partial charge in [0, 0.05) is 24.3 Å². The number of rotatable bonds is 6. The average Bonchev–Trinajstić information content (AvgIpc) is 3.52. The molecule has 0 atom stereocenters. The van der Waals surface area contributed by atoms with Crippen molar-refractivity contribution in [3.05, 3.63) is 41.0 Å². The van der Waals surface area contributed by atoms with Gasteiger partial charge in [0.15, 0.2) is 0 Å². The Bertz CT molecular complexity index is 945. The molecule has 28 heavy (non-hydrogen) atoms. The zero-order valence-corrected chi connectivity index (χ0v) is 14.8. The Labute approximate surface area is 158 Å². The van der Waals surface area contributed by atoms with E-state index in [0.717, 1.165) is 12.8 Å². The van der Waals surface area contributed by atoms with Crippen LogP contribution in [-0.2, 0) is 12.7 Å². The van der Waals surface area contributed by atoms with Gasteiger partial charge in [-0.3, -0.25) is 19.3 Å². The summed E-state index contributed by atoms with van der Waals surface area (Å²) in [5.41, 5.74) is 3.70. The number of halogens is 3. The van der Waals surface area contributed by atoms with Crippen molar-refractivity contribution in [3.63, 3.8) is 0 Å². The molecule has 0 aliphatic heterocycles. The highest BCUT2D eigenvalue weighted by Crippen LogP contribution is 2.47. The molecule has 0 bridgehead atoms. The van der Waals surface area contributed by atoms with Gasteiger partial charge in [0.05, 0.1) is 5.69 Å². The molecule has 0 aromatic carbocycles. The van der Waals surface area contributed by atoms with Crippen LogP contribution < -0.4 is 11.1 Å². The van der Waals surface area contributed by atoms with Gasteiger partial charge < -0.3 is 11.1 Å². The molecule has 0 spiro atoms. The van der Waals surface area contributed by atoms with E-state index in [1.807, 2.05) is 0 Å². The second-order valence-electron chi connectivity index (χ2n) is 7.25. The van der Waals surface area contributed by atoms with E-state index in [9.17, 15) is 22.8 Å². The quantitative estimate of drug-likeness (QED) is 0.788. The maximum atomic E-state index is 13.8. The van der Waals surface area contributed by atoms with E-state index in [2.05, 4.69) is 15.4 Å². The molecule has 0 unspecified atom stereocenters. The fourth-order valence-corrected chi connectivity index (χ4v) is 3.14. The fraction of sp³-hybridized carbons (Fsp3) is 0.444. The van der Waals surface area contributed by atoms with Crippen LogP contribution in [0.25, 0.3) is 0 Å². The van der Waals surface area contributed by atoms with Crippen molar-refractivity contribution in [1.82, 2.24) is 14.8 Å². The summed E-state index contributed by atoms with van der Waals surface area (Å²) in [6.45, 7) is 0.279. The number of carbonyl (C=O) groups excluding carboxylic acids is 2. The number of hydrogen-bond acceptors (Lipinski definition) is 4. The average molecular weight is 393 g/mol. The highest BCUT2D eigenvalue weighted by atomic mass is 19.4. The number of alkyl halides is 3. The van der Waals surface area contributed by atoms with Gasteiger partial charge in [0.1, 0.15) is 17.0 Å². The molecule has 0 saturated heterocycles. The summed E-state index contributed by atoms with van der Waals surface area (Å²) in [5, 5.41) is 6.60. The normalized spacial score (nSPS) is 16.8. The van der Waals surface area contributed by atoms with Gasteiger partial charge >= 0.3 is 6.18 Å². The van der Waals surface area contributed by atoms with Crippen LogP contribution >= 0.6 is 0 Å². The maximum absolute atomic E-state index is 13.8. The van der Waals surface area contributed by atoms with Crippen LogP contribution in [0.2, 0.25) is 0 Å². The van der Waals surface area contributed by atoms with E-state index in [1.165, 1.54) is 23.0 Å². The lowest BCUT2D eigenvalue weighted by atomic mass is 10.1. The smallest absolute Gasteiger partial charge is 0.364 e. The number of hydrogen-bond donors (Lipinski definition) is 2. The minimum atomic E-state index is -4.69. The van der Waals surface area contributed by atoms with Crippen molar-refractivity contribution >= 4 is 17.5 Å². The van der Waals surface area contributed by atoms with Crippen LogP contribution in [-0.4, -0.2) is 26.6 Å². The van der Waals surface area contributed by atoms with E-state index >= 15 is 0 Å². The molecule has 10 heteroatoms. The second-order valence-corrected chi connectivity index (χ2v) is 7.25. The molecule has 7 nitrogen and oxygen atoms in total. The molecule has 148 valence electrons. The first-order valence-corrected chi connectivity index (χ1v) is 8.99. The van der Waals surface area contributed by atoms with E-state index in [1.54, 1.807) is 0 Å². The predicted octanol–water partition coefficient (Wildman–Crippen LogP) is 2.94. The molecule has 0 radical (unpaired) electrons. The number of nitrogens with zero attached hydrogens (tertiary/aromatic N) is 3. The Morgan fingerprint density at radius 1 is 1.25 bits per heavy atom. The molecule has 2 saturated carbocycles. The van der Waals surface area contributed by atoms with Crippen molar-refractivity contribution in [2.24, 2.45) is 11.7 Å². The monoisotopic (exact) mass is 393 g/mol. The lowest BCUT2D eigenvalue weighted by molar-refractivity contribution is -0.138. The Kier molecular flexibility index (Phi) is 4.35. The topological polar surface area (TPSA) is 103 Å². The SMILES string of the molecule is NC(=O)c1cc(NC(=O)c2c(C(F)(F)F)c(C3CC3)nn2CC2CC2)ccn1. The van der Waals surface area contributed by atoms with Gasteiger partial charge in [-0.1, -0.05) is 0 Å². The molecular weight excluding hydrogens is 375 g/mol. The molecule has 2 fully saturated rings. The Balaban J connectivity index is 1.73. The van der Waals surface area contributed by atoms with Crippen LogP contribution in [0.3, 0.4) is 0 Å². The zero-order valence-electron chi connectivity index (χ0n) is 14.8. The fourth-order valence-electron chi connectivity index (χ4n) is 3.14. The maximum Gasteiger partial charge on any atom is 0.420 e. The third kappa shape index (κ3) is 3.71. The first kappa shape index (κ1) is 18.5. The largest absolute Gasteiger partial charge is 0.420 e. The standard InChI is InChI=1S/C18H18F3N5O2/c19-18(20,21)13-14(10-3-4-10)25-26(8-9-1-2-9)15(13)17(28)24-11-5-6-23-12(7-11)16(22)27/h5-7,9-10H,1-4,8H2,(H2,22,27)(H,23,24,28). The molecule has 2 aliphatic rings. The van der Waals surface area contributed by atoms with Crippen LogP contribution in [0.4, 0.5) is 18.9 Å². The molecule has 2 aromatic heterocycles. The van der Waals surface area contributed by atoms with E-state index in [-0.39, 0.29) is 35.5 Å². The lowest BCUT2D eigenvalue weighted by Gasteiger charge is -2.12. The lowest BCUT2D eigenvalue weighted by Crippen LogP contribution is -2.23. The second kappa shape index (κ2) is 6.61. The number of anilines is 1. The minimum Gasteiger partial charge on any atom is -0.364 e. The molecule has 2 heterocycles. The number of primary amides is 1. The predicted molar refractivity (Wildman–Crippen MR) is 92.6 cm³/mol. The molecule has 2 amide bonds. The highest BCUT2D eigenvalue weighted by molar-refractivity contribution is 6.05. The highest BCUT2D eigenvalue weighted by Gasteiger charge is 2.46. The summed E-state index contributed by atoms with van der Waals surface area (Å²) < 4.78 is 42.7. The first-order chi connectivity index (χ1) is 13.2. The number of nitrogens with one attached hydrogen (secondary N) is 1. The summed E-state index contributed by atoms with van der Waals surface area (Å²) in [7, 11) is 0. The van der Waals surface area contributed by atoms with Crippen LogP contribution in [0.1, 0.15) is 63.8 Å². The van der Waals surface area contributed by atoms with Crippen LogP contribution in [0.15, 0.2) is 18.3 Å². The van der Waals surface area contributed by atoms with E-state index < -0.39 is 29.2 Å². The van der Waals surface area contributed by atoms with Gasteiger partial charge in [-0.2, -0.15) is 18.3 Å². The third-order valence-electron chi connectivity index (χ3n) is 4.84. The number of pyridine rings is 1. The summed E-state index contributed by atoms with van der Waals surface area (Å²) in [5.74, 6) is -1.75. The Morgan fingerprint density at radius 2 is 1.96 bits per heavy atom. The molecule has 3 N–H and O–H groups in total. The van der Waals surface area contributed by atoms with Gasteiger partial charge in [-0.25, -0.2) is 0 Å². The van der Waals surface area contributed by atoms with Gasteiger partial charge in [0.2, 0.25) is 0 Å². The van der Waals surface area contributed by atoms with Crippen molar-refractivity contribution in [2.75, 3.05) is 5.32 Å². The molecule has 2 aromatic rings. The summed E-state index contributed by atoms with van der Waals surface area (Å²) in [4.78, 5) is 27.8. The minimum absolute atomic E-state index is 0.0501. The Morgan fingerprint density at radius 3 is 2.54 bits per heavy atom. The van der Waals surface area contributed by atoms with Crippen LogP contribution in [0.5, 0.6) is 0 Å². The summed E-state index contributed by atoms with van der Waals surface area (Å²) >= 11 is 0. The molecule has 2 aliphatic carbocycles. The van der Waals surface area contributed by atoms with Crippen molar-refractivity contribution < 1.29 is 22.8 Å². The molecule has 4 rings (SSSR count). The van der Waals surface area contributed by atoms with Crippen LogP contribution in [0, 0.1) is 5.92 Å². The summed E-state index contributed by atoms with van der Waals surface area (Å²) in [6.07, 6.45) is -0.352.